The van der Waals surface area contributed by atoms with Crippen LogP contribution in [0.2, 0.25) is 0 Å². The second-order valence-electron chi connectivity index (χ2n) is 3.84. The molecule has 0 spiro atoms. The summed E-state index contributed by atoms with van der Waals surface area (Å²) in [6, 6.07) is 9.35. The van der Waals surface area contributed by atoms with Crippen LogP contribution in [-0.2, 0) is 4.79 Å². The number of fused-ring (bicyclic) bond motifs is 1. The van der Waals surface area contributed by atoms with Gasteiger partial charge < -0.3 is 0 Å². The van der Waals surface area contributed by atoms with Crippen LogP contribution in [0.25, 0.3) is 6.08 Å². The van der Waals surface area contributed by atoms with Crippen molar-refractivity contribution in [3.63, 3.8) is 0 Å². The molecule has 0 aromatic heterocycles. The van der Waals surface area contributed by atoms with E-state index in [4.69, 9.17) is 0 Å². The highest BCUT2D eigenvalue weighted by atomic mass is 16.2. The highest BCUT2D eigenvalue weighted by molar-refractivity contribution is 5.80. The van der Waals surface area contributed by atoms with Gasteiger partial charge in [0.25, 0.3) is 0 Å². The van der Waals surface area contributed by atoms with Crippen molar-refractivity contribution in [3.05, 3.63) is 41.1 Å². The summed E-state index contributed by atoms with van der Waals surface area (Å²) in [5.74, 6) is -0.102. The predicted molar refractivity (Wildman–Crippen MR) is 61.0 cm³/mol. The lowest BCUT2D eigenvalue weighted by Gasteiger charge is -2.31. The molecule has 1 amide bonds. The summed E-state index contributed by atoms with van der Waals surface area (Å²) >= 11 is 0. The first kappa shape index (κ1) is 10.4. The van der Waals surface area contributed by atoms with Crippen molar-refractivity contribution in [2.24, 2.45) is 0 Å². The minimum Gasteiger partial charge on any atom is -0.296 e. The molecule has 1 aromatic carbocycles. The summed E-state index contributed by atoms with van der Waals surface area (Å²) in [5.41, 5.74) is 2.73. The Morgan fingerprint density at radius 2 is 2.12 bits per heavy atom. The lowest BCUT2D eigenvalue weighted by Crippen LogP contribution is -2.33. The van der Waals surface area contributed by atoms with Crippen molar-refractivity contribution in [1.82, 2.24) is 4.90 Å². The van der Waals surface area contributed by atoms with Gasteiger partial charge in [0.2, 0.25) is 5.91 Å². The highest BCUT2D eigenvalue weighted by Crippen LogP contribution is 2.33. The zero-order valence-corrected chi connectivity index (χ0v) is 9.27. The Labute approximate surface area is 94.6 Å². The lowest BCUT2D eigenvalue weighted by atomic mass is 9.95. The van der Waals surface area contributed by atoms with Crippen LogP contribution in [-0.4, -0.2) is 10.8 Å². The van der Waals surface area contributed by atoms with E-state index in [0.717, 1.165) is 16.8 Å². The Hall–Kier alpha value is -2.08. The molecule has 0 bridgehead atoms. The van der Waals surface area contributed by atoms with Crippen molar-refractivity contribution in [2.75, 3.05) is 0 Å². The fourth-order valence-electron chi connectivity index (χ4n) is 2.09. The first-order valence-corrected chi connectivity index (χ1v) is 5.12. The number of carbonyl (C=O) groups is 1. The van der Waals surface area contributed by atoms with E-state index < -0.39 is 6.04 Å². The number of amides is 1. The second kappa shape index (κ2) is 3.82. The summed E-state index contributed by atoms with van der Waals surface area (Å²) in [4.78, 5) is 13.1. The molecule has 1 aliphatic heterocycles. The molecule has 16 heavy (non-hydrogen) atoms. The normalized spacial score (nSPS) is 18.4. The Morgan fingerprint density at radius 3 is 2.75 bits per heavy atom. The van der Waals surface area contributed by atoms with E-state index in [0.29, 0.717) is 0 Å². The molecule has 1 atom stereocenters. The third-order valence-corrected chi connectivity index (χ3v) is 2.75. The van der Waals surface area contributed by atoms with Crippen molar-refractivity contribution < 1.29 is 4.79 Å². The number of nitriles is 1. The van der Waals surface area contributed by atoms with E-state index in [-0.39, 0.29) is 5.91 Å². The molecule has 1 unspecified atom stereocenters. The number of carbonyl (C=O) groups excluding carboxylic acids is 1. The second-order valence-corrected chi connectivity index (χ2v) is 3.84. The summed E-state index contributed by atoms with van der Waals surface area (Å²) in [7, 11) is 0. The van der Waals surface area contributed by atoms with Crippen LogP contribution in [0.1, 0.15) is 31.0 Å². The molecule has 1 aromatic rings. The molecule has 0 saturated heterocycles. The third-order valence-electron chi connectivity index (χ3n) is 2.75. The van der Waals surface area contributed by atoms with Crippen molar-refractivity contribution >= 4 is 12.0 Å². The lowest BCUT2D eigenvalue weighted by molar-refractivity contribution is -0.128. The number of hydrogen-bond acceptors (Lipinski definition) is 2. The number of hydrogen-bond donors (Lipinski definition) is 0. The SMILES string of the molecule is CC(=O)N1C(C)=Cc2ccccc2C1C#N. The van der Waals surface area contributed by atoms with Gasteiger partial charge >= 0.3 is 0 Å². The number of allylic oxidation sites excluding steroid dienone is 1. The van der Waals surface area contributed by atoms with E-state index in [2.05, 4.69) is 6.07 Å². The van der Waals surface area contributed by atoms with Gasteiger partial charge in [0, 0.05) is 12.6 Å². The summed E-state index contributed by atoms with van der Waals surface area (Å²) in [6.45, 7) is 3.33. The first-order chi connectivity index (χ1) is 7.65. The Balaban J connectivity index is 2.60. The molecule has 1 aliphatic rings. The van der Waals surface area contributed by atoms with E-state index in [9.17, 15) is 10.1 Å². The van der Waals surface area contributed by atoms with Gasteiger partial charge in [-0.05, 0) is 24.1 Å². The molecule has 0 aliphatic carbocycles. The largest absolute Gasteiger partial charge is 0.296 e. The van der Waals surface area contributed by atoms with Gasteiger partial charge in [0.05, 0.1) is 6.07 Å². The van der Waals surface area contributed by atoms with Gasteiger partial charge in [0.15, 0.2) is 0 Å². The Morgan fingerprint density at radius 1 is 1.44 bits per heavy atom. The van der Waals surface area contributed by atoms with E-state index in [1.54, 1.807) is 0 Å². The fraction of sp³-hybridized carbons (Fsp3) is 0.231. The average molecular weight is 212 g/mol. The van der Waals surface area contributed by atoms with Crippen LogP contribution in [0.5, 0.6) is 0 Å². The Bertz CT molecular complexity index is 511. The standard InChI is InChI=1S/C13H12N2O/c1-9-7-11-5-3-4-6-12(11)13(8-14)15(9)10(2)16/h3-7,13H,1-2H3. The molecule has 0 N–H and O–H groups in total. The molecule has 0 fully saturated rings. The average Bonchev–Trinajstić information content (AvgIpc) is 2.26. The number of benzene rings is 1. The molecular formula is C13H12N2O. The monoisotopic (exact) mass is 212 g/mol. The van der Waals surface area contributed by atoms with E-state index >= 15 is 0 Å². The summed E-state index contributed by atoms with van der Waals surface area (Å²) < 4.78 is 0. The van der Waals surface area contributed by atoms with Crippen LogP contribution >= 0.6 is 0 Å². The van der Waals surface area contributed by atoms with Gasteiger partial charge in [-0.15, -0.1) is 0 Å². The predicted octanol–water partition coefficient (Wildman–Crippen LogP) is 2.47. The molecule has 0 radical (unpaired) electrons. The number of rotatable bonds is 0. The van der Waals surface area contributed by atoms with E-state index in [1.807, 2.05) is 37.3 Å². The van der Waals surface area contributed by atoms with Crippen LogP contribution in [0.4, 0.5) is 0 Å². The smallest absolute Gasteiger partial charge is 0.225 e. The van der Waals surface area contributed by atoms with Crippen LogP contribution < -0.4 is 0 Å². The summed E-state index contributed by atoms with van der Waals surface area (Å²) in [5, 5.41) is 9.20. The zero-order valence-electron chi connectivity index (χ0n) is 9.27. The molecule has 0 saturated carbocycles. The van der Waals surface area contributed by atoms with Crippen LogP contribution in [0, 0.1) is 11.3 Å². The minimum atomic E-state index is -0.501. The maximum absolute atomic E-state index is 11.5. The van der Waals surface area contributed by atoms with Gasteiger partial charge in [-0.3, -0.25) is 9.69 Å². The molecule has 80 valence electrons. The quantitative estimate of drug-likeness (QED) is 0.663. The summed E-state index contributed by atoms with van der Waals surface area (Å²) in [6.07, 6.45) is 1.94. The first-order valence-electron chi connectivity index (χ1n) is 5.12. The van der Waals surface area contributed by atoms with Gasteiger partial charge in [-0.2, -0.15) is 5.26 Å². The van der Waals surface area contributed by atoms with Crippen LogP contribution in [0.3, 0.4) is 0 Å². The van der Waals surface area contributed by atoms with Crippen molar-refractivity contribution in [2.45, 2.75) is 19.9 Å². The van der Waals surface area contributed by atoms with Crippen molar-refractivity contribution in [3.8, 4) is 6.07 Å². The molecule has 1 heterocycles. The molecule has 2 rings (SSSR count). The number of nitrogens with zero attached hydrogens (tertiary/aromatic N) is 2. The van der Waals surface area contributed by atoms with Gasteiger partial charge in [-0.25, -0.2) is 0 Å². The topological polar surface area (TPSA) is 44.1 Å². The highest BCUT2D eigenvalue weighted by Gasteiger charge is 2.28. The van der Waals surface area contributed by atoms with E-state index in [1.165, 1.54) is 11.8 Å². The van der Waals surface area contributed by atoms with Crippen LogP contribution in [0.15, 0.2) is 30.0 Å². The molecular weight excluding hydrogens is 200 g/mol. The molecule has 3 heteroatoms. The van der Waals surface area contributed by atoms with Gasteiger partial charge in [-0.1, -0.05) is 24.3 Å². The van der Waals surface area contributed by atoms with Crippen molar-refractivity contribution in [1.29, 1.82) is 5.26 Å². The minimum absolute atomic E-state index is 0.102. The Kier molecular flexibility index (Phi) is 2.49. The molecule has 3 nitrogen and oxygen atoms in total. The maximum atomic E-state index is 11.5. The zero-order chi connectivity index (χ0) is 11.7. The third kappa shape index (κ3) is 1.49. The maximum Gasteiger partial charge on any atom is 0.225 e. The van der Waals surface area contributed by atoms with Gasteiger partial charge in [0.1, 0.15) is 6.04 Å². The fourth-order valence-corrected chi connectivity index (χ4v) is 2.09.